The second-order valence-corrected chi connectivity index (χ2v) is 6.29. The summed E-state index contributed by atoms with van der Waals surface area (Å²) in [5.41, 5.74) is -1.40. The SMILES string of the molecule is CCN1CCC(O)(C(C)C(=O)OC(C)(C)C)CC1. The van der Waals surface area contributed by atoms with Gasteiger partial charge in [0.2, 0.25) is 0 Å². The van der Waals surface area contributed by atoms with Crippen LogP contribution in [0.15, 0.2) is 0 Å². The fourth-order valence-corrected chi connectivity index (χ4v) is 2.30. The lowest BCUT2D eigenvalue weighted by atomic mass is 9.80. The van der Waals surface area contributed by atoms with Gasteiger partial charge in [0.1, 0.15) is 5.60 Å². The van der Waals surface area contributed by atoms with Crippen LogP contribution in [0, 0.1) is 5.92 Å². The van der Waals surface area contributed by atoms with Crippen LogP contribution in [0.25, 0.3) is 0 Å². The second kappa shape index (κ2) is 5.57. The fourth-order valence-electron chi connectivity index (χ4n) is 2.30. The Morgan fingerprint density at radius 3 is 2.28 bits per heavy atom. The van der Waals surface area contributed by atoms with Gasteiger partial charge in [-0.1, -0.05) is 6.92 Å². The number of piperidine rings is 1. The fraction of sp³-hybridized carbons (Fsp3) is 0.929. The molecule has 1 fully saturated rings. The zero-order valence-corrected chi connectivity index (χ0v) is 12.3. The van der Waals surface area contributed by atoms with Gasteiger partial charge in [-0.05, 0) is 47.1 Å². The number of ether oxygens (including phenoxy) is 1. The average Bonchev–Trinajstić information content (AvgIpc) is 2.27. The third-order valence-electron chi connectivity index (χ3n) is 3.74. The van der Waals surface area contributed by atoms with Gasteiger partial charge in [-0.15, -0.1) is 0 Å². The van der Waals surface area contributed by atoms with E-state index in [0.29, 0.717) is 12.8 Å². The highest BCUT2D eigenvalue weighted by Gasteiger charge is 2.42. The number of likely N-dealkylation sites (tertiary alicyclic amines) is 1. The zero-order valence-electron chi connectivity index (χ0n) is 12.3. The van der Waals surface area contributed by atoms with E-state index >= 15 is 0 Å². The molecule has 0 saturated carbocycles. The Bertz CT molecular complexity index is 288. The molecule has 4 nitrogen and oxygen atoms in total. The van der Waals surface area contributed by atoms with E-state index < -0.39 is 17.1 Å². The molecule has 1 heterocycles. The van der Waals surface area contributed by atoms with Gasteiger partial charge in [0, 0.05) is 13.1 Å². The van der Waals surface area contributed by atoms with Crippen molar-refractivity contribution in [1.29, 1.82) is 0 Å². The highest BCUT2D eigenvalue weighted by molar-refractivity contribution is 5.74. The van der Waals surface area contributed by atoms with Gasteiger partial charge in [0.25, 0.3) is 0 Å². The highest BCUT2D eigenvalue weighted by Crippen LogP contribution is 2.31. The van der Waals surface area contributed by atoms with Crippen LogP contribution in [0.1, 0.15) is 47.5 Å². The molecule has 0 aliphatic carbocycles. The van der Waals surface area contributed by atoms with Crippen LogP contribution in [0.2, 0.25) is 0 Å². The molecule has 0 bridgehead atoms. The molecule has 4 heteroatoms. The van der Waals surface area contributed by atoms with Crippen molar-refractivity contribution in [2.75, 3.05) is 19.6 Å². The van der Waals surface area contributed by atoms with Crippen molar-refractivity contribution >= 4 is 5.97 Å². The summed E-state index contributed by atoms with van der Waals surface area (Å²) in [4.78, 5) is 14.3. The Kier molecular flexibility index (Phi) is 4.78. The second-order valence-electron chi connectivity index (χ2n) is 6.29. The van der Waals surface area contributed by atoms with Gasteiger partial charge >= 0.3 is 5.97 Å². The van der Waals surface area contributed by atoms with Gasteiger partial charge < -0.3 is 14.7 Å². The molecule has 0 radical (unpaired) electrons. The minimum Gasteiger partial charge on any atom is -0.460 e. The van der Waals surface area contributed by atoms with Crippen LogP contribution in [0.5, 0.6) is 0 Å². The summed E-state index contributed by atoms with van der Waals surface area (Å²) in [7, 11) is 0. The highest BCUT2D eigenvalue weighted by atomic mass is 16.6. The summed E-state index contributed by atoms with van der Waals surface area (Å²) in [5.74, 6) is -0.759. The average molecular weight is 257 g/mol. The summed E-state index contributed by atoms with van der Waals surface area (Å²) >= 11 is 0. The van der Waals surface area contributed by atoms with E-state index in [1.807, 2.05) is 20.8 Å². The molecular formula is C14H27NO3. The van der Waals surface area contributed by atoms with E-state index in [9.17, 15) is 9.90 Å². The molecule has 0 amide bonds. The molecule has 1 unspecified atom stereocenters. The molecule has 106 valence electrons. The Hall–Kier alpha value is -0.610. The van der Waals surface area contributed by atoms with Crippen molar-refractivity contribution in [1.82, 2.24) is 4.90 Å². The summed E-state index contributed by atoms with van der Waals surface area (Å²) < 4.78 is 5.36. The minimum absolute atomic E-state index is 0.296. The quantitative estimate of drug-likeness (QED) is 0.783. The van der Waals surface area contributed by atoms with Crippen LogP contribution in [-0.4, -0.2) is 46.8 Å². The summed E-state index contributed by atoms with van der Waals surface area (Å²) in [6.45, 7) is 12.1. The molecule has 1 aliphatic heterocycles. The summed E-state index contributed by atoms with van der Waals surface area (Å²) in [5, 5.41) is 10.6. The molecule has 1 saturated heterocycles. The molecule has 0 spiro atoms. The van der Waals surface area contributed by atoms with Gasteiger partial charge in [0.05, 0.1) is 11.5 Å². The predicted molar refractivity (Wildman–Crippen MR) is 71.3 cm³/mol. The summed E-state index contributed by atoms with van der Waals surface area (Å²) in [6.07, 6.45) is 1.28. The van der Waals surface area contributed by atoms with E-state index in [1.165, 1.54) is 0 Å². The number of hydrogen-bond donors (Lipinski definition) is 1. The largest absolute Gasteiger partial charge is 0.460 e. The first-order chi connectivity index (χ1) is 8.18. The van der Waals surface area contributed by atoms with Crippen LogP contribution in [0.3, 0.4) is 0 Å². The van der Waals surface area contributed by atoms with Crippen molar-refractivity contribution < 1.29 is 14.6 Å². The van der Waals surface area contributed by atoms with E-state index in [4.69, 9.17) is 4.74 Å². The van der Waals surface area contributed by atoms with Crippen molar-refractivity contribution in [3.8, 4) is 0 Å². The first-order valence-electron chi connectivity index (χ1n) is 6.85. The normalized spacial score (nSPS) is 22.6. The lowest BCUT2D eigenvalue weighted by Crippen LogP contribution is -2.51. The Morgan fingerprint density at radius 2 is 1.89 bits per heavy atom. The van der Waals surface area contributed by atoms with Gasteiger partial charge in [-0.2, -0.15) is 0 Å². The first-order valence-corrected chi connectivity index (χ1v) is 6.85. The monoisotopic (exact) mass is 257 g/mol. The third kappa shape index (κ3) is 3.95. The van der Waals surface area contributed by atoms with Crippen molar-refractivity contribution in [2.45, 2.75) is 58.7 Å². The van der Waals surface area contributed by atoms with Crippen LogP contribution in [0.4, 0.5) is 0 Å². The molecule has 1 rings (SSSR count). The van der Waals surface area contributed by atoms with Gasteiger partial charge in [0.15, 0.2) is 0 Å². The topological polar surface area (TPSA) is 49.8 Å². The number of esters is 1. The van der Waals surface area contributed by atoms with Crippen molar-refractivity contribution in [3.05, 3.63) is 0 Å². The summed E-state index contributed by atoms with van der Waals surface area (Å²) in [6, 6.07) is 0. The standard InChI is InChI=1S/C14H27NO3/c1-6-15-9-7-14(17,8-10-15)11(2)12(16)18-13(3,4)5/h11,17H,6-10H2,1-5H3. The van der Waals surface area contributed by atoms with Crippen LogP contribution in [-0.2, 0) is 9.53 Å². The van der Waals surface area contributed by atoms with E-state index in [2.05, 4.69) is 11.8 Å². The molecular weight excluding hydrogens is 230 g/mol. The molecule has 0 aromatic rings. The maximum absolute atomic E-state index is 12.0. The molecule has 0 aromatic carbocycles. The maximum atomic E-state index is 12.0. The smallest absolute Gasteiger partial charge is 0.312 e. The van der Waals surface area contributed by atoms with Crippen molar-refractivity contribution in [2.24, 2.45) is 5.92 Å². The molecule has 18 heavy (non-hydrogen) atoms. The van der Waals surface area contributed by atoms with E-state index in [1.54, 1.807) is 6.92 Å². The lowest BCUT2D eigenvalue weighted by molar-refractivity contribution is -0.172. The Labute approximate surface area is 110 Å². The van der Waals surface area contributed by atoms with Gasteiger partial charge in [-0.3, -0.25) is 4.79 Å². The number of hydrogen-bond acceptors (Lipinski definition) is 4. The lowest BCUT2D eigenvalue weighted by Gasteiger charge is -2.41. The first kappa shape index (κ1) is 15.4. The van der Waals surface area contributed by atoms with Gasteiger partial charge in [-0.25, -0.2) is 0 Å². The van der Waals surface area contributed by atoms with E-state index in [0.717, 1.165) is 19.6 Å². The van der Waals surface area contributed by atoms with E-state index in [-0.39, 0.29) is 5.97 Å². The number of nitrogens with zero attached hydrogens (tertiary/aromatic N) is 1. The predicted octanol–water partition coefficient (Wildman–Crippen LogP) is 1.81. The zero-order chi connectivity index (χ0) is 14.0. The van der Waals surface area contributed by atoms with Crippen LogP contribution >= 0.6 is 0 Å². The van der Waals surface area contributed by atoms with Crippen LogP contribution < -0.4 is 0 Å². The Morgan fingerprint density at radius 1 is 1.39 bits per heavy atom. The number of carbonyl (C=O) groups excluding carboxylic acids is 1. The number of carbonyl (C=O) groups is 1. The number of rotatable bonds is 3. The molecule has 1 aliphatic rings. The minimum atomic E-state index is -0.909. The molecule has 1 atom stereocenters. The van der Waals surface area contributed by atoms with Crippen molar-refractivity contribution in [3.63, 3.8) is 0 Å². The number of aliphatic hydroxyl groups is 1. The molecule has 1 N–H and O–H groups in total. The third-order valence-corrected chi connectivity index (χ3v) is 3.74. The molecule has 0 aromatic heterocycles. The maximum Gasteiger partial charge on any atom is 0.312 e. The Balaban J connectivity index is 2.60.